The van der Waals surface area contributed by atoms with Gasteiger partial charge in [0.05, 0.1) is 0 Å². The molecule has 0 aliphatic carbocycles. The Morgan fingerprint density at radius 1 is 1.07 bits per heavy atom. The molecule has 1 N–H and O–H groups in total. The van der Waals surface area contributed by atoms with Crippen LogP contribution in [0.15, 0.2) is 60.7 Å². The molecule has 0 unspecified atom stereocenters. The standard InChI is InChI=1S/C21H21ClN4O/c1-3-26(18-7-5-4-6-8-18)20(27)19-13-15(2)24-21(25-19)23-14-16-9-11-17(22)12-10-16/h4-13H,3,14H2,1-2H3,(H,23,24,25). The summed E-state index contributed by atoms with van der Waals surface area (Å²) in [6.45, 7) is 4.90. The van der Waals surface area contributed by atoms with Crippen molar-refractivity contribution in [2.75, 3.05) is 16.8 Å². The predicted molar refractivity (Wildman–Crippen MR) is 109 cm³/mol. The van der Waals surface area contributed by atoms with Crippen molar-refractivity contribution in [3.05, 3.63) is 82.6 Å². The van der Waals surface area contributed by atoms with E-state index in [4.69, 9.17) is 11.6 Å². The van der Waals surface area contributed by atoms with Gasteiger partial charge < -0.3 is 10.2 Å². The van der Waals surface area contributed by atoms with Gasteiger partial charge in [0.25, 0.3) is 5.91 Å². The Labute approximate surface area is 164 Å². The normalized spacial score (nSPS) is 10.5. The Morgan fingerprint density at radius 2 is 1.78 bits per heavy atom. The van der Waals surface area contributed by atoms with Gasteiger partial charge in [-0.05, 0) is 49.7 Å². The van der Waals surface area contributed by atoms with Crippen LogP contribution in [-0.4, -0.2) is 22.4 Å². The highest BCUT2D eigenvalue weighted by Crippen LogP contribution is 2.17. The molecule has 6 heteroatoms. The Hall–Kier alpha value is -2.92. The number of nitrogens with zero attached hydrogens (tertiary/aromatic N) is 3. The zero-order valence-electron chi connectivity index (χ0n) is 15.3. The molecular formula is C21H21ClN4O. The summed E-state index contributed by atoms with van der Waals surface area (Å²) in [6.07, 6.45) is 0. The second-order valence-corrected chi connectivity index (χ2v) is 6.52. The lowest BCUT2D eigenvalue weighted by Crippen LogP contribution is -2.31. The van der Waals surface area contributed by atoms with Crippen LogP contribution < -0.4 is 10.2 Å². The first-order chi connectivity index (χ1) is 13.1. The molecule has 0 aliphatic heterocycles. The van der Waals surface area contributed by atoms with Gasteiger partial charge in [0.1, 0.15) is 5.69 Å². The number of carbonyl (C=O) groups excluding carboxylic acids is 1. The van der Waals surface area contributed by atoms with Crippen LogP contribution in [0.4, 0.5) is 11.6 Å². The maximum absolute atomic E-state index is 13.0. The maximum Gasteiger partial charge on any atom is 0.277 e. The monoisotopic (exact) mass is 380 g/mol. The Balaban J connectivity index is 1.79. The largest absolute Gasteiger partial charge is 0.350 e. The van der Waals surface area contributed by atoms with Crippen molar-refractivity contribution < 1.29 is 4.79 Å². The zero-order chi connectivity index (χ0) is 19.2. The first kappa shape index (κ1) is 18.9. The SMILES string of the molecule is CCN(C(=O)c1cc(C)nc(NCc2ccc(Cl)cc2)n1)c1ccccc1. The van der Waals surface area contributed by atoms with E-state index in [0.717, 1.165) is 16.9 Å². The molecule has 0 radical (unpaired) electrons. The summed E-state index contributed by atoms with van der Waals surface area (Å²) in [5.74, 6) is 0.279. The fourth-order valence-corrected chi connectivity index (χ4v) is 2.86. The van der Waals surface area contributed by atoms with E-state index in [9.17, 15) is 4.79 Å². The summed E-state index contributed by atoms with van der Waals surface area (Å²) in [5.41, 5.74) is 3.00. The van der Waals surface area contributed by atoms with Crippen molar-refractivity contribution >= 4 is 29.1 Å². The highest BCUT2D eigenvalue weighted by molar-refractivity contribution is 6.30. The van der Waals surface area contributed by atoms with Crippen LogP contribution in [0.1, 0.15) is 28.7 Å². The minimum Gasteiger partial charge on any atom is -0.350 e. The van der Waals surface area contributed by atoms with Crippen molar-refractivity contribution in [3.63, 3.8) is 0 Å². The highest BCUT2D eigenvalue weighted by atomic mass is 35.5. The predicted octanol–water partition coefficient (Wildman–Crippen LogP) is 4.72. The van der Waals surface area contributed by atoms with Gasteiger partial charge in [0, 0.05) is 29.5 Å². The lowest BCUT2D eigenvalue weighted by molar-refractivity contribution is 0.0983. The molecule has 1 heterocycles. The maximum atomic E-state index is 13.0. The number of rotatable bonds is 6. The summed E-state index contributed by atoms with van der Waals surface area (Å²) in [4.78, 5) is 23.5. The Morgan fingerprint density at radius 3 is 2.44 bits per heavy atom. The lowest BCUT2D eigenvalue weighted by Gasteiger charge is -2.21. The van der Waals surface area contributed by atoms with Crippen molar-refractivity contribution in [1.82, 2.24) is 9.97 Å². The number of carbonyl (C=O) groups is 1. The van der Waals surface area contributed by atoms with Crippen LogP contribution in [0.2, 0.25) is 5.02 Å². The molecule has 0 spiro atoms. The number of aromatic nitrogens is 2. The molecule has 0 bridgehead atoms. The topological polar surface area (TPSA) is 58.1 Å². The van der Waals surface area contributed by atoms with Gasteiger partial charge in [-0.3, -0.25) is 4.79 Å². The van der Waals surface area contributed by atoms with Gasteiger partial charge in [0.15, 0.2) is 0 Å². The minimum absolute atomic E-state index is 0.149. The molecule has 1 amide bonds. The summed E-state index contributed by atoms with van der Waals surface area (Å²) >= 11 is 5.91. The third-order valence-electron chi connectivity index (χ3n) is 4.07. The van der Waals surface area contributed by atoms with Crippen LogP contribution >= 0.6 is 11.6 Å². The molecule has 0 saturated heterocycles. The van der Waals surface area contributed by atoms with Crippen molar-refractivity contribution in [1.29, 1.82) is 0 Å². The van der Waals surface area contributed by atoms with Gasteiger partial charge in [-0.2, -0.15) is 0 Å². The molecule has 2 aromatic carbocycles. The van der Waals surface area contributed by atoms with Gasteiger partial charge in [0.2, 0.25) is 5.95 Å². The van der Waals surface area contributed by atoms with E-state index in [0.29, 0.717) is 29.8 Å². The fourth-order valence-electron chi connectivity index (χ4n) is 2.73. The van der Waals surface area contributed by atoms with E-state index in [1.807, 2.05) is 68.4 Å². The lowest BCUT2D eigenvalue weighted by atomic mass is 10.2. The third-order valence-corrected chi connectivity index (χ3v) is 4.32. The molecule has 0 fully saturated rings. The fraction of sp³-hybridized carbons (Fsp3) is 0.190. The number of nitrogens with one attached hydrogen (secondary N) is 1. The van der Waals surface area contributed by atoms with Crippen molar-refractivity contribution in [2.24, 2.45) is 0 Å². The summed E-state index contributed by atoms with van der Waals surface area (Å²) in [5, 5.41) is 3.87. The van der Waals surface area contributed by atoms with Crippen LogP contribution in [-0.2, 0) is 6.54 Å². The van der Waals surface area contributed by atoms with Crippen molar-refractivity contribution in [3.8, 4) is 0 Å². The van der Waals surface area contributed by atoms with Crippen molar-refractivity contribution in [2.45, 2.75) is 20.4 Å². The number of para-hydroxylation sites is 1. The van der Waals surface area contributed by atoms with Crippen LogP contribution in [0.25, 0.3) is 0 Å². The molecule has 5 nitrogen and oxygen atoms in total. The number of amides is 1. The van der Waals surface area contributed by atoms with E-state index >= 15 is 0 Å². The first-order valence-corrected chi connectivity index (χ1v) is 9.15. The second kappa shape index (κ2) is 8.64. The van der Waals surface area contributed by atoms with Crippen LogP contribution in [0.3, 0.4) is 0 Å². The number of hydrogen-bond acceptors (Lipinski definition) is 4. The molecule has 3 rings (SSSR count). The molecule has 1 aromatic heterocycles. The van der Waals surface area contributed by atoms with Crippen LogP contribution in [0.5, 0.6) is 0 Å². The van der Waals surface area contributed by atoms with E-state index in [1.54, 1.807) is 11.0 Å². The van der Waals surface area contributed by atoms with E-state index in [1.165, 1.54) is 0 Å². The molecule has 0 atom stereocenters. The van der Waals surface area contributed by atoms with Gasteiger partial charge in [-0.1, -0.05) is 41.9 Å². The smallest absolute Gasteiger partial charge is 0.277 e. The number of aryl methyl sites for hydroxylation is 1. The van der Waals surface area contributed by atoms with Gasteiger partial charge in [-0.25, -0.2) is 9.97 Å². The average molecular weight is 381 g/mol. The molecule has 3 aromatic rings. The third kappa shape index (κ3) is 4.83. The minimum atomic E-state index is -0.149. The molecule has 0 aliphatic rings. The van der Waals surface area contributed by atoms with Gasteiger partial charge in [-0.15, -0.1) is 0 Å². The van der Waals surface area contributed by atoms with E-state index in [-0.39, 0.29) is 5.91 Å². The Kier molecular flexibility index (Phi) is 6.04. The molecule has 138 valence electrons. The number of benzene rings is 2. The Bertz CT molecular complexity index is 913. The molecular weight excluding hydrogens is 360 g/mol. The van der Waals surface area contributed by atoms with Gasteiger partial charge >= 0.3 is 0 Å². The highest BCUT2D eigenvalue weighted by Gasteiger charge is 2.18. The van der Waals surface area contributed by atoms with Crippen LogP contribution in [0, 0.1) is 6.92 Å². The second-order valence-electron chi connectivity index (χ2n) is 6.08. The number of halogens is 1. The summed E-state index contributed by atoms with van der Waals surface area (Å²) in [7, 11) is 0. The first-order valence-electron chi connectivity index (χ1n) is 8.77. The van der Waals surface area contributed by atoms with E-state index in [2.05, 4.69) is 15.3 Å². The quantitative estimate of drug-likeness (QED) is 0.672. The molecule has 27 heavy (non-hydrogen) atoms. The molecule has 0 saturated carbocycles. The summed E-state index contributed by atoms with van der Waals surface area (Å²) < 4.78 is 0. The number of anilines is 2. The number of hydrogen-bond donors (Lipinski definition) is 1. The van der Waals surface area contributed by atoms with E-state index < -0.39 is 0 Å². The average Bonchev–Trinajstić information content (AvgIpc) is 2.68. The summed E-state index contributed by atoms with van der Waals surface area (Å²) in [6, 6.07) is 18.8. The zero-order valence-corrected chi connectivity index (χ0v) is 16.1.